The molecule has 1 aliphatic rings. The summed E-state index contributed by atoms with van der Waals surface area (Å²) in [5, 5.41) is 0. The highest BCUT2D eigenvalue weighted by atomic mass is 35.5. The van der Waals surface area contributed by atoms with Gasteiger partial charge < -0.3 is 5.73 Å². The smallest absolute Gasteiger partial charge is 0.243 e. The van der Waals surface area contributed by atoms with E-state index in [-0.39, 0.29) is 35.0 Å². The van der Waals surface area contributed by atoms with E-state index in [0.717, 1.165) is 0 Å². The first kappa shape index (κ1) is 18.1. The van der Waals surface area contributed by atoms with Crippen LogP contribution in [0.2, 0.25) is 0 Å². The van der Waals surface area contributed by atoms with Gasteiger partial charge in [0.15, 0.2) is 5.78 Å². The molecule has 0 radical (unpaired) electrons. The molecule has 1 aromatic rings. The van der Waals surface area contributed by atoms with E-state index in [1.807, 2.05) is 6.92 Å². The molecule has 7 heteroatoms. The number of carbonyl (C=O) groups is 1. The largest absolute Gasteiger partial charge is 0.327 e. The van der Waals surface area contributed by atoms with Gasteiger partial charge >= 0.3 is 0 Å². The summed E-state index contributed by atoms with van der Waals surface area (Å²) >= 11 is 0. The zero-order valence-electron chi connectivity index (χ0n) is 12.2. The molecular formula is C14H21ClN2O3S. The highest BCUT2D eigenvalue weighted by Gasteiger charge is 2.32. The van der Waals surface area contributed by atoms with Crippen molar-refractivity contribution in [3.63, 3.8) is 0 Å². The van der Waals surface area contributed by atoms with E-state index in [0.29, 0.717) is 25.1 Å². The van der Waals surface area contributed by atoms with E-state index >= 15 is 0 Å². The van der Waals surface area contributed by atoms with Crippen molar-refractivity contribution in [2.75, 3.05) is 13.1 Å². The molecule has 0 spiro atoms. The van der Waals surface area contributed by atoms with Crippen molar-refractivity contribution >= 4 is 28.2 Å². The first-order valence-corrected chi connectivity index (χ1v) is 8.13. The van der Waals surface area contributed by atoms with Crippen molar-refractivity contribution < 1.29 is 13.2 Å². The number of piperidine rings is 1. The van der Waals surface area contributed by atoms with Crippen LogP contribution < -0.4 is 5.73 Å². The number of halogens is 1. The number of nitrogens with zero attached hydrogens (tertiary/aromatic N) is 1. The summed E-state index contributed by atoms with van der Waals surface area (Å²) < 4.78 is 26.6. The van der Waals surface area contributed by atoms with Gasteiger partial charge in [-0.15, -0.1) is 12.4 Å². The van der Waals surface area contributed by atoms with Gasteiger partial charge in [0.2, 0.25) is 10.0 Å². The molecule has 2 N–H and O–H groups in total. The van der Waals surface area contributed by atoms with Gasteiger partial charge in [0.1, 0.15) is 0 Å². The van der Waals surface area contributed by atoms with Gasteiger partial charge in [0.25, 0.3) is 0 Å². The Bertz CT molecular complexity index is 618. The first-order valence-electron chi connectivity index (χ1n) is 6.69. The number of nitrogens with two attached hydrogens (primary N) is 1. The summed E-state index contributed by atoms with van der Waals surface area (Å²) in [7, 11) is -3.55. The maximum atomic E-state index is 12.6. The van der Waals surface area contributed by atoms with E-state index in [1.54, 1.807) is 12.1 Å². The average Bonchev–Trinajstić information content (AvgIpc) is 2.42. The van der Waals surface area contributed by atoms with Gasteiger partial charge in [-0.3, -0.25) is 4.79 Å². The quantitative estimate of drug-likeness (QED) is 0.854. The van der Waals surface area contributed by atoms with E-state index in [2.05, 4.69) is 0 Å². The molecule has 1 aromatic carbocycles. The zero-order valence-corrected chi connectivity index (χ0v) is 13.8. The molecule has 0 bridgehead atoms. The minimum Gasteiger partial charge on any atom is -0.327 e. The van der Waals surface area contributed by atoms with Gasteiger partial charge in [-0.05, 0) is 31.4 Å². The number of hydrogen-bond donors (Lipinski definition) is 1. The van der Waals surface area contributed by atoms with Crippen LogP contribution in [0.4, 0.5) is 0 Å². The van der Waals surface area contributed by atoms with Crippen molar-refractivity contribution in [3.05, 3.63) is 29.8 Å². The lowest BCUT2D eigenvalue weighted by molar-refractivity contribution is 0.101. The third-order valence-electron chi connectivity index (χ3n) is 3.81. The Kier molecular flexibility index (Phi) is 5.92. The van der Waals surface area contributed by atoms with Crippen molar-refractivity contribution in [2.24, 2.45) is 11.7 Å². The fourth-order valence-corrected chi connectivity index (χ4v) is 3.97. The summed E-state index contributed by atoms with van der Waals surface area (Å²) in [6, 6.07) is 6.24. The summed E-state index contributed by atoms with van der Waals surface area (Å²) in [6.45, 7) is 4.23. The number of Topliss-reactive ketones (excluding diaryl/α,β-unsaturated/α-hetero) is 1. The molecule has 0 aliphatic carbocycles. The lowest BCUT2D eigenvalue weighted by Crippen LogP contribution is -2.48. The molecule has 0 amide bonds. The average molecular weight is 333 g/mol. The predicted molar refractivity (Wildman–Crippen MR) is 84.2 cm³/mol. The SMILES string of the molecule is CC(=O)c1cccc(S(=O)(=O)N2CCC(N)C(C)C2)c1.Cl. The van der Waals surface area contributed by atoms with Crippen molar-refractivity contribution in [2.45, 2.75) is 31.2 Å². The second-order valence-corrected chi connectivity index (χ2v) is 7.31. The zero-order chi connectivity index (χ0) is 14.9. The predicted octanol–water partition coefficient (Wildman–Crippen LogP) is 1.67. The molecule has 1 aliphatic heterocycles. The van der Waals surface area contributed by atoms with Gasteiger partial charge in [-0.25, -0.2) is 8.42 Å². The van der Waals surface area contributed by atoms with Gasteiger partial charge in [0, 0.05) is 24.7 Å². The lowest BCUT2D eigenvalue weighted by Gasteiger charge is -2.34. The number of benzene rings is 1. The van der Waals surface area contributed by atoms with Gasteiger partial charge in [-0.2, -0.15) is 4.31 Å². The van der Waals surface area contributed by atoms with Crippen molar-refractivity contribution in [1.82, 2.24) is 4.31 Å². The Balaban J connectivity index is 0.00000220. The van der Waals surface area contributed by atoms with Crippen LogP contribution in [0.25, 0.3) is 0 Å². The molecule has 118 valence electrons. The first-order chi connectivity index (χ1) is 9.32. The number of hydrogen-bond acceptors (Lipinski definition) is 4. The second kappa shape index (κ2) is 6.87. The molecular weight excluding hydrogens is 312 g/mol. The summed E-state index contributed by atoms with van der Waals surface area (Å²) in [4.78, 5) is 11.5. The number of rotatable bonds is 3. The molecule has 0 aromatic heterocycles. The van der Waals surface area contributed by atoms with E-state index in [4.69, 9.17) is 5.73 Å². The van der Waals surface area contributed by atoms with Crippen LogP contribution in [0.1, 0.15) is 30.6 Å². The Labute approximate surface area is 132 Å². The van der Waals surface area contributed by atoms with Gasteiger partial charge in [-0.1, -0.05) is 19.1 Å². The Morgan fingerprint density at radius 2 is 2.05 bits per heavy atom. The van der Waals surface area contributed by atoms with Crippen LogP contribution in [-0.2, 0) is 10.0 Å². The van der Waals surface area contributed by atoms with E-state index < -0.39 is 10.0 Å². The van der Waals surface area contributed by atoms with Crippen molar-refractivity contribution in [3.8, 4) is 0 Å². The third-order valence-corrected chi connectivity index (χ3v) is 5.67. The molecule has 1 fully saturated rings. The highest BCUT2D eigenvalue weighted by molar-refractivity contribution is 7.89. The van der Waals surface area contributed by atoms with Crippen LogP contribution >= 0.6 is 12.4 Å². The fraction of sp³-hybridized carbons (Fsp3) is 0.500. The number of sulfonamides is 1. The maximum Gasteiger partial charge on any atom is 0.243 e. The second-order valence-electron chi connectivity index (χ2n) is 5.38. The van der Waals surface area contributed by atoms with Crippen LogP contribution in [0.15, 0.2) is 29.2 Å². The normalized spacial score (nSPS) is 23.4. The molecule has 5 nitrogen and oxygen atoms in total. The maximum absolute atomic E-state index is 12.6. The molecule has 2 atom stereocenters. The molecule has 21 heavy (non-hydrogen) atoms. The summed E-state index contributed by atoms with van der Waals surface area (Å²) in [6.07, 6.45) is 0.660. The molecule has 2 rings (SSSR count). The molecule has 0 saturated carbocycles. The highest BCUT2D eigenvalue weighted by Crippen LogP contribution is 2.23. The number of ketones is 1. The minimum atomic E-state index is -3.55. The minimum absolute atomic E-state index is 0. The topological polar surface area (TPSA) is 80.5 Å². The Morgan fingerprint density at radius 3 is 2.62 bits per heavy atom. The summed E-state index contributed by atoms with van der Waals surface area (Å²) in [5.74, 6) is -0.00870. The standard InChI is InChI=1S/C14H20N2O3S.ClH/c1-10-9-16(7-6-14(10)15)20(18,19)13-5-3-4-12(8-13)11(2)17;/h3-5,8,10,14H,6-7,9,15H2,1-2H3;1H. The van der Waals surface area contributed by atoms with E-state index in [9.17, 15) is 13.2 Å². The van der Waals surface area contributed by atoms with Crippen LogP contribution in [-0.4, -0.2) is 37.6 Å². The lowest BCUT2D eigenvalue weighted by atomic mass is 9.96. The number of carbonyl (C=O) groups excluding carboxylic acids is 1. The van der Waals surface area contributed by atoms with E-state index in [1.165, 1.54) is 23.4 Å². The van der Waals surface area contributed by atoms with Crippen LogP contribution in [0.3, 0.4) is 0 Å². The Morgan fingerprint density at radius 1 is 1.38 bits per heavy atom. The fourth-order valence-electron chi connectivity index (χ4n) is 2.37. The van der Waals surface area contributed by atoms with Gasteiger partial charge in [0.05, 0.1) is 4.90 Å². The van der Waals surface area contributed by atoms with Crippen LogP contribution in [0.5, 0.6) is 0 Å². The Hall–Kier alpha value is -0.950. The summed E-state index contributed by atoms with van der Waals surface area (Å²) in [5.41, 5.74) is 6.33. The molecule has 2 unspecified atom stereocenters. The third kappa shape index (κ3) is 3.83. The van der Waals surface area contributed by atoms with Crippen molar-refractivity contribution in [1.29, 1.82) is 0 Å². The monoisotopic (exact) mass is 332 g/mol. The molecule has 1 heterocycles. The molecule has 1 saturated heterocycles. The van der Waals surface area contributed by atoms with Crippen LogP contribution in [0, 0.1) is 5.92 Å².